The summed E-state index contributed by atoms with van der Waals surface area (Å²) in [6.07, 6.45) is 7.19. The lowest BCUT2D eigenvalue weighted by Crippen LogP contribution is -2.23. The normalized spacial score (nSPS) is 9.15. The van der Waals surface area contributed by atoms with Crippen molar-refractivity contribution in [1.29, 1.82) is 0 Å². The molecule has 0 spiro atoms. The Balaban J connectivity index is 0.00000104. The van der Waals surface area contributed by atoms with Gasteiger partial charge in [0.1, 0.15) is 19.4 Å². The Kier molecular flexibility index (Phi) is 18.2. The second-order valence-corrected chi connectivity index (χ2v) is 7.75. The molecule has 4 aromatic rings. The highest BCUT2D eigenvalue weighted by molar-refractivity contribution is 6.06. The molecule has 1 amide bonds. The van der Waals surface area contributed by atoms with E-state index < -0.39 is 0 Å². The standard InChI is InChI=1S/C21H17FN4O.C4H10O.C3H6.2CH2O/c1-14-5-6-15(11-23-14)12-24-21(27)18-3-2-4-20-19(18)13-25-26(20)17-9-7-16(22)8-10-17;1-2-3-4-5;1-3-2;2*1-2/h2-11,13H,12H2,1H3,(H,24,27);5H,2-4H2,1H3;3H,1H2,2H3;2*1H2. The number of benzene rings is 2. The zero-order valence-electron chi connectivity index (χ0n) is 22.8. The predicted octanol–water partition coefficient (Wildman–Crippen LogP) is 5.40. The van der Waals surface area contributed by atoms with Crippen LogP contribution < -0.4 is 5.32 Å². The van der Waals surface area contributed by atoms with E-state index in [1.165, 1.54) is 12.1 Å². The molecule has 208 valence electrons. The Morgan fingerprint density at radius 3 is 2.21 bits per heavy atom. The molecule has 0 saturated heterocycles. The minimum absolute atomic E-state index is 0.181. The summed E-state index contributed by atoms with van der Waals surface area (Å²) in [6, 6.07) is 15.4. The first-order valence-electron chi connectivity index (χ1n) is 12.1. The van der Waals surface area contributed by atoms with Gasteiger partial charge in [-0.2, -0.15) is 5.10 Å². The molecule has 0 fully saturated rings. The summed E-state index contributed by atoms with van der Waals surface area (Å²) in [5.41, 5.74) is 3.92. The summed E-state index contributed by atoms with van der Waals surface area (Å²) < 4.78 is 14.9. The highest BCUT2D eigenvalue weighted by Gasteiger charge is 2.14. The van der Waals surface area contributed by atoms with Gasteiger partial charge in [0.15, 0.2) is 0 Å². The maximum atomic E-state index is 13.2. The number of halogens is 1. The predicted molar refractivity (Wildman–Crippen MR) is 153 cm³/mol. The number of rotatable bonds is 6. The third kappa shape index (κ3) is 11.6. The van der Waals surface area contributed by atoms with Crippen molar-refractivity contribution in [3.63, 3.8) is 0 Å². The molecule has 0 saturated carbocycles. The molecule has 2 aromatic carbocycles. The minimum atomic E-state index is -0.305. The van der Waals surface area contributed by atoms with E-state index in [0.717, 1.165) is 40.7 Å². The van der Waals surface area contributed by atoms with Crippen LogP contribution in [0.15, 0.2) is 79.6 Å². The fraction of sp³-hybridized carbons (Fsp3) is 0.233. The first-order valence-corrected chi connectivity index (χ1v) is 12.1. The molecule has 9 heteroatoms. The van der Waals surface area contributed by atoms with E-state index in [0.29, 0.717) is 18.7 Å². The molecular formula is C30H37FN4O4. The highest BCUT2D eigenvalue weighted by Crippen LogP contribution is 2.22. The number of nitrogens with one attached hydrogen (secondary N) is 1. The number of fused-ring (bicyclic) bond motifs is 1. The molecule has 0 bridgehead atoms. The van der Waals surface area contributed by atoms with Crippen LogP contribution in [0.2, 0.25) is 0 Å². The molecule has 2 N–H and O–H groups in total. The number of allylic oxidation sites excluding steroid dienone is 1. The number of carbonyl (C=O) groups excluding carboxylic acids is 3. The number of unbranched alkanes of at least 4 members (excludes halogenated alkanes) is 1. The van der Waals surface area contributed by atoms with Crippen LogP contribution >= 0.6 is 0 Å². The lowest BCUT2D eigenvalue weighted by molar-refractivity contribution is -0.0987. The topological polar surface area (TPSA) is 114 Å². The Morgan fingerprint density at radius 1 is 1.05 bits per heavy atom. The van der Waals surface area contributed by atoms with Crippen LogP contribution in [0, 0.1) is 12.7 Å². The van der Waals surface area contributed by atoms with E-state index in [4.69, 9.17) is 14.7 Å². The van der Waals surface area contributed by atoms with Crippen molar-refractivity contribution in [1.82, 2.24) is 20.1 Å². The smallest absolute Gasteiger partial charge is 0.252 e. The summed E-state index contributed by atoms with van der Waals surface area (Å²) in [4.78, 5) is 32.9. The molecule has 0 radical (unpaired) electrons. The average molecular weight is 537 g/mol. The van der Waals surface area contributed by atoms with Crippen LogP contribution in [0.5, 0.6) is 0 Å². The van der Waals surface area contributed by atoms with Crippen molar-refractivity contribution in [2.75, 3.05) is 6.61 Å². The van der Waals surface area contributed by atoms with Gasteiger partial charge in [0.25, 0.3) is 5.91 Å². The Bertz CT molecular complexity index is 1240. The lowest BCUT2D eigenvalue weighted by Gasteiger charge is -2.07. The SMILES string of the molecule is C=CC.C=O.C=O.CCCCO.Cc1ccc(CNC(=O)c2cccc3c2cnn3-c2ccc(F)cc2)cn1. The van der Waals surface area contributed by atoms with Crippen molar-refractivity contribution in [2.45, 2.75) is 40.2 Å². The number of aliphatic hydroxyl groups excluding tert-OH is 1. The molecular weight excluding hydrogens is 499 g/mol. The molecule has 39 heavy (non-hydrogen) atoms. The number of aliphatic hydroxyl groups is 1. The van der Waals surface area contributed by atoms with E-state index >= 15 is 0 Å². The maximum absolute atomic E-state index is 13.2. The van der Waals surface area contributed by atoms with Gasteiger partial charge in [-0.25, -0.2) is 9.07 Å². The Morgan fingerprint density at radius 2 is 1.69 bits per heavy atom. The van der Waals surface area contributed by atoms with E-state index in [1.54, 1.807) is 41.4 Å². The number of hydrogen-bond acceptors (Lipinski definition) is 6. The first kappa shape index (κ1) is 34.5. The van der Waals surface area contributed by atoms with Crippen LogP contribution in [0.1, 0.15) is 48.3 Å². The first-order chi connectivity index (χ1) is 18.9. The molecule has 4 rings (SSSR count). The molecule has 0 unspecified atom stereocenters. The molecule has 0 atom stereocenters. The number of aromatic nitrogens is 3. The van der Waals surface area contributed by atoms with Crippen LogP contribution in [-0.2, 0) is 16.1 Å². The molecule has 0 aliphatic rings. The lowest BCUT2D eigenvalue weighted by atomic mass is 10.1. The Labute approximate surface area is 229 Å². The second kappa shape index (κ2) is 20.5. The fourth-order valence-electron chi connectivity index (χ4n) is 3.08. The number of hydrogen-bond donors (Lipinski definition) is 2. The average Bonchev–Trinajstić information content (AvgIpc) is 3.41. The largest absolute Gasteiger partial charge is 0.396 e. The fourth-order valence-corrected chi connectivity index (χ4v) is 3.08. The highest BCUT2D eigenvalue weighted by atomic mass is 19.1. The third-order valence-electron chi connectivity index (χ3n) is 4.87. The number of carbonyl (C=O) groups is 3. The third-order valence-corrected chi connectivity index (χ3v) is 4.87. The van der Waals surface area contributed by atoms with E-state index in [2.05, 4.69) is 28.9 Å². The molecule has 2 heterocycles. The quantitative estimate of drug-likeness (QED) is 0.319. The van der Waals surface area contributed by atoms with Gasteiger partial charge in [0.05, 0.1) is 23.0 Å². The molecule has 8 nitrogen and oxygen atoms in total. The van der Waals surface area contributed by atoms with Gasteiger partial charge in [-0.15, -0.1) is 6.58 Å². The zero-order valence-corrected chi connectivity index (χ0v) is 22.8. The van der Waals surface area contributed by atoms with Gasteiger partial charge in [-0.05, 0) is 68.3 Å². The van der Waals surface area contributed by atoms with Gasteiger partial charge in [0.2, 0.25) is 0 Å². The van der Waals surface area contributed by atoms with E-state index in [1.807, 2.05) is 51.7 Å². The zero-order chi connectivity index (χ0) is 29.6. The van der Waals surface area contributed by atoms with Crippen molar-refractivity contribution >= 4 is 30.4 Å². The summed E-state index contributed by atoms with van der Waals surface area (Å²) in [7, 11) is 0. The van der Waals surface area contributed by atoms with Gasteiger partial charge in [-0.1, -0.05) is 31.6 Å². The number of nitrogens with zero attached hydrogens (tertiary/aromatic N) is 3. The summed E-state index contributed by atoms with van der Waals surface area (Å²) in [6.45, 7) is 14.0. The summed E-state index contributed by atoms with van der Waals surface area (Å²) in [5, 5.41) is 16.1. The van der Waals surface area contributed by atoms with Gasteiger partial charge in [-0.3, -0.25) is 9.78 Å². The van der Waals surface area contributed by atoms with Gasteiger partial charge in [0, 0.05) is 30.4 Å². The van der Waals surface area contributed by atoms with Crippen LogP contribution in [-0.4, -0.2) is 46.0 Å². The van der Waals surface area contributed by atoms with Crippen LogP contribution in [0.25, 0.3) is 16.6 Å². The van der Waals surface area contributed by atoms with Crippen LogP contribution in [0.3, 0.4) is 0 Å². The number of amides is 1. The minimum Gasteiger partial charge on any atom is -0.396 e. The molecule has 0 aliphatic heterocycles. The Hall–Kier alpha value is -4.50. The molecule has 0 aliphatic carbocycles. The monoisotopic (exact) mass is 536 g/mol. The van der Waals surface area contributed by atoms with E-state index in [-0.39, 0.29) is 11.7 Å². The number of pyridine rings is 1. The van der Waals surface area contributed by atoms with Gasteiger partial charge >= 0.3 is 0 Å². The van der Waals surface area contributed by atoms with Crippen molar-refractivity contribution in [3.05, 3.63) is 102 Å². The van der Waals surface area contributed by atoms with E-state index in [9.17, 15) is 9.18 Å². The van der Waals surface area contributed by atoms with Crippen molar-refractivity contribution < 1.29 is 23.9 Å². The second-order valence-electron chi connectivity index (χ2n) is 7.75. The summed E-state index contributed by atoms with van der Waals surface area (Å²) >= 11 is 0. The van der Waals surface area contributed by atoms with Crippen LogP contribution in [0.4, 0.5) is 4.39 Å². The number of aryl methyl sites for hydroxylation is 1. The van der Waals surface area contributed by atoms with Gasteiger partial charge < -0.3 is 20.0 Å². The van der Waals surface area contributed by atoms with Crippen molar-refractivity contribution in [3.8, 4) is 5.69 Å². The summed E-state index contributed by atoms with van der Waals surface area (Å²) in [5.74, 6) is -0.485. The molecule has 2 aromatic heterocycles. The van der Waals surface area contributed by atoms with Crippen molar-refractivity contribution in [2.24, 2.45) is 0 Å². The maximum Gasteiger partial charge on any atom is 0.252 e.